The summed E-state index contributed by atoms with van der Waals surface area (Å²) in [7, 11) is 0. The molecule has 11 rings (SSSR count). The van der Waals surface area contributed by atoms with Gasteiger partial charge in [-0.2, -0.15) is 0 Å². The summed E-state index contributed by atoms with van der Waals surface area (Å²) < 4.78 is 0. The second-order valence-corrected chi connectivity index (χ2v) is 19.5. The van der Waals surface area contributed by atoms with Crippen LogP contribution in [0.2, 0.25) is 0 Å². The Morgan fingerprint density at radius 1 is 0.638 bits per heavy atom. The van der Waals surface area contributed by atoms with Gasteiger partial charge in [-0.3, -0.25) is 4.90 Å². The molecule has 2 heterocycles. The number of piperidine rings is 1. The van der Waals surface area contributed by atoms with Crippen molar-refractivity contribution < 1.29 is 0 Å². The number of nitrogens with one attached hydrogen (secondary N) is 1. The highest BCUT2D eigenvalue weighted by Crippen LogP contribution is 2.63. The fraction of sp³-hybridized carbons (Fsp3) is 0.429. The van der Waals surface area contributed by atoms with E-state index in [9.17, 15) is 0 Å². The number of nitrogens with zero attached hydrogens (tertiary/aromatic N) is 1. The molecule has 2 saturated heterocycles. The van der Waals surface area contributed by atoms with Crippen LogP contribution in [-0.2, 0) is 0 Å². The normalized spacial score (nSPS) is 35.2. The maximum atomic E-state index is 4.07. The van der Waals surface area contributed by atoms with Gasteiger partial charge in [0.15, 0.2) is 0 Å². The van der Waals surface area contributed by atoms with E-state index in [-0.39, 0.29) is 0 Å². The van der Waals surface area contributed by atoms with E-state index in [2.05, 4.69) is 158 Å². The van der Waals surface area contributed by atoms with Crippen LogP contribution in [-0.4, -0.2) is 23.0 Å². The molecule has 3 fully saturated rings. The minimum absolute atomic E-state index is 0.305. The SMILES string of the molecule is CC1(C)C2CC=CC(c3cc(-c4cccc(NC5CCC=CC5C5=CCCC=C5)c4)cc(C4C5C(C6=CCCC=C6)CC(C6=CCCC=C6)[N@]45)c3)=C2C2C=CCCC21. The average molecular weight is 763 g/mol. The van der Waals surface area contributed by atoms with Crippen LogP contribution < -0.4 is 5.32 Å². The molecular formula is C56H62N2. The molecule has 0 bridgehead atoms. The first kappa shape index (κ1) is 36.7. The molecule has 0 amide bonds. The van der Waals surface area contributed by atoms with Crippen molar-refractivity contribution in [2.45, 2.75) is 115 Å². The molecule has 2 aromatic carbocycles. The van der Waals surface area contributed by atoms with Crippen molar-refractivity contribution in [1.82, 2.24) is 4.90 Å². The second kappa shape index (κ2) is 15.0. The van der Waals surface area contributed by atoms with Crippen molar-refractivity contribution in [3.8, 4) is 11.1 Å². The molecule has 1 N–H and O–H groups in total. The molecule has 7 aliphatic carbocycles. The quantitative estimate of drug-likeness (QED) is 0.213. The van der Waals surface area contributed by atoms with Crippen LogP contribution in [0.25, 0.3) is 16.7 Å². The summed E-state index contributed by atoms with van der Waals surface area (Å²) in [4.78, 5) is 2.91. The van der Waals surface area contributed by atoms with E-state index in [4.69, 9.17) is 0 Å². The molecule has 2 aliphatic heterocycles. The molecule has 10 atom stereocenters. The molecule has 2 aromatic rings. The third-order valence-electron chi connectivity index (χ3n) is 16.0. The first-order valence-electron chi connectivity index (χ1n) is 23.2. The Bertz CT molecular complexity index is 2230. The van der Waals surface area contributed by atoms with E-state index < -0.39 is 0 Å². The number of anilines is 1. The summed E-state index contributed by atoms with van der Waals surface area (Å²) in [5, 5.41) is 4.07. The number of benzene rings is 2. The lowest BCUT2D eigenvalue weighted by atomic mass is 9.70. The molecule has 0 spiro atoms. The molecular weight excluding hydrogens is 701 g/mol. The van der Waals surface area contributed by atoms with Crippen molar-refractivity contribution in [2.24, 2.45) is 35.0 Å². The van der Waals surface area contributed by atoms with Gasteiger partial charge < -0.3 is 5.32 Å². The third-order valence-corrected chi connectivity index (χ3v) is 16.0. The Morgan fingerprint density at radius 3 is 2.14 bits per heavy atom. The Hall–Kier alpha value is -4.40. The van der Waals surface area contributed by atoms with Gasteiger partial charge in [0.2, 0.25) is 0 Å². The maximum absolute atomic E-state index is 4.07. The van der Waals surface area contributed by atoms with Crippen molar-refractivity contribution in [2.75, 3.05) is 5.32 Å². The number of rotatable bonds is 8. The van der Waals surface area contributed by atoms with Crippen LogP contribution in [0.15, 0.2) is 156 Å². The first-order valence-corrected chi connectivity index (χ1v) is 23.2. The fourth-order valence-corrected chi connectivity index (χ4v) is 13.1. The highest BCUT2D eigenvalue weighted by atomic mass is 15.4. The van der Waals surface area contributed by atoms with Gasteiger partial charge in [-0.05, 0) is 169 Å². The second-order valence-electron chi connectivity index (χ2n) is 19.5. The monoisotopic (exact) mass is 762 g/mol. The summed E-state index contributed by atoms with van der Waals surface area (Å²) in [5.41, 5.74) is 15.0. The zero-order valence-electron chi connectivity index (χ0n) is 34.8. The van der Waals surface area contributed by atoms with Crippen molar-refractivity contribution >= 4 is 11.3 Å². The van der Waals surface area contributed by atoms with Crippen LogP contribution in [0, 0.1) is 35.0 Å². The summed E-state index contributed by atoms with van der Waals surface area (Å²) >= 11 is 0. The minimum atomic E-state index is 0.305. The largest absolute Gasteiger partial charge is 0.381 e. The van der Waals surface area contributed by atoms with Gasteiger partial charge in [0, 0.05) is 41.6 Å². The van der Waals surface area contributed by atoms with Gasteiger partial charge in [-0.25, -0.2) is 0 Å². The zero-order chi connectivity index (χ0) is 38.8. The van der Waals surface area contributed by atoms with Gasteiger partial charge in [0.1, 0.15) is 0 Å². The van der Waals surface area contributed by atoms with Crippen LogP contribution >= 0.6 is 0 Å². The Balaban J connectivity index is 1.01. The van der Waals surface area contributed by atoms with Crippen LogP contribution in [0.1, 0.15) is 108 Å². The Kier molecular flexibility index (Phi) is 9.49. The van der Waals surface area contributed by atoms with E-state index >= 15 is 0 Å². The van der Waals surface area contributed by atoms with E-state index in [0.29, 0.717) is 53.3 Å². The maximum Gasteiger partial charge on any atom is 0.0520 e. The predicted molar refractivity (Wildman–Crippen MR) is 244 cm³/mol. The van der Waals surface area contributed by atoms with E-state index in [0.717, 1.165) is 31.6 Å². The standard InChI is InChI=1S/C56H62N2/c1-56(2)49-29-14-12-27-47(49)53-46(28-17-30-50(53)56)42-32-41(40-24-16-25-44(35-40)57-51-31-15-13-26-45(51)37-18-6-3-7-19-37)33-43(34-42)54-55-48(38-20-8-4-9-21-38)36-52(58(54)55)39-22-10-5-11-23-39/h6,8,10,12-13,16-28,32-35,45,47-52,54-55,57H,3-5,7,9,11,14-15,29-31,36H2,1-2H3/t45?,47?,48?,49?,50?,51?,52?,54?,55?,58-/m1/s1. The number of hydrogen-bond donors (Lipinski definition) is 1. The van der Waals surface area contributed by atoms with E-state index in [1.807, 2.05) is 0 Å². The lowest BCUT2D eigenvalue weighted by Gasteiger charge is -2.35. The van der Waals surface area contributed by atoms with Gasteiger partial charge in [-0.15, -0.1) is 0 Å². The summed E-state index contributed by atoms with van der Waals surface area (Å²) in [6.45, 7) is 5.15. The molecule has 0 radical (unpaired) electrons. The molecule has 1 saturated carbocycles. The molecule has 9 aliphatic rings. The van der Waals surface area contributed by atoms with E-state index in [1.54, 1.807) is 16.7 Å². The number of allylic oxidation sites excluding steroid dienone is 15. The van der Waals surface area contributed by atoms with Crippen LogP contribution in [0.4, 0.5) is 5.69 Å². The van der Waals surface area contributed by atoms with Crippen LogP contribution in [0.5, 0.6) is 0 Å². The molecule has 9 unspecified atom stereocenters. The van der Waals surface area contributed by atoms with Gasteiger partial charge >= 0.3 is 0 Å². The molecule has 58 heavy (non-hydrogen) atoms. The van der Waals surface area contributed by atoms with Crippen molar-refractivity contribution in [3.05, 3.63) is 167 Å². The smallest absolute Gasteiger partial charge is 0.0520 e. The average Bonchev–Trinajstić information content (AvgIpc) is 3.81. The van der Waals surface area contributed by atoms with Crippen molar-refractivity contribution in [3.63, 3.8) is 0 Å². The predicted octanol–water partition coefficient (Wildman–Crippen LogP) is 14.0. The fourth-order valence-electron chi connectivity index (χ4n) is 13.1. The summed E-state index contributed by atoms with van der Waals surface area (Å²) in [6, 6.07) is 19.1. The Labute approximate surface area is 348 Å². The molecule has 2 heteroatoms. The van der Waals surface area contributed by atoms with Gasteiger partial charge in [0.05, 0.1) is 6.04 Å². The van der Waals surface area contributed by atoms with E-state index in [1.165, 1.54) is 90.5 Å². The molecule has 0 aromatic heterocycles. The summed E-state index contributed by atoms with van der Waals surface area (Å²) in [5.74, 6) is 2.88. The van der Waals surface area contributed by atoms with Gasteiger partial charge in [0.25, 0.3) is 0 Å². The lowest BCUT2D eigenvalue weighted by molar-refractivity contribution is 0.167. The highest BCUT2D eigenvalue weighted by Gasteiger charge is 2.62. The number of fused-ring (bicyclic) bond motifs is 4. The minimum Gasteiger partial charge on any atom is -0.381 e. The zero-order valence-corrected chi connectivity index (χ0v) is 34.8. The van der Waals surface area contributed by atoms with Crippen molar-refractivity contribution in [1.29, 1.82) is 0 Å². The van der Waals surface area contributed by atoms with Gasteiger partial charge in [-0.1, -0.05) is 123 Å². The highest BCUT2D eigenvalue weighted by molar-refractivity contribution is 5.83. The Morgan fingerprint density at radius 2 is 1.36 bits per heavy atom. The lowest BCUT2D eigenvalue weighted by Crippen LogP contribution is -2.31. The summed E-state index contributed by atoms with van der Waals surface area (Å²) in [6.07, 6.45) is 51.3. The third kappa shape index (κ3) is 6.41. The molecule has 296 valence electrons. The number of hydrogen-bond acceptors (Lipinski definition) is 2. The van der Waals surface area contributed by atoms with Crippen LogP contribution in [0.3, 0.4) is 0 Å². The topological polar surface area (TPSA) is 15.0 Å². The first-order chi connectivity index (χ1) is 28.5. The molecule has 2 nitrogen and oxygen atoms in total.